The summed E-state index contributed by atoms with van der Waals surface area (Å²) in [7, 11) is 0. The summed E-state index contributed by atoms with van der Waals surface area (Å²) >= 11 is 1.58. The molecular formula is C9H7N2SY-. The summed E-state index contributed by atoms with van der Waals surface area (Å²) in [5, 5.41) is 0.842. The van der Waals surface area contributed by atoms with E-state index in [1.807, 2.05) is 24.5 Å². The van der Waals surface area contributed by atoms with Gasteiger partial charge in [0.05, 0.1) is 4.88 Å². The third-order valence-corrected chi connectivity index (χ3v) is 2.40. The minimum absolute atomic E-state index is 0. The molecule has 2 aromatic heterocycles. The predicted molar refractivity (Wildman–Crippen MR) is 49.8 cm³/mol. The zero-order valence-electron chi connectivity index (χ0n) is 6.97. The van der Waals surface area contributed by atoms with E-state index in [-0.39, 0.29) is 32.7 Å². The van der Waals surface area contributed by atoms with Crippen molar-refractivity contribution < 1.29 is 32.7 Å². The summed E-state index contributed by atoms with van der Waals surface area (Å²) in [6.45, 7) is 3.75. The van der Waals surface area contributed by atoms with Crippen LogP contribution < -0.4 is 0 Å². The molecule has 13 heavy (non-hydrogen) atoms. The van der Waals surface area contributed by atoms with Crippen molar-refractivity contribution >= 4 is 11.3 Å². The summed E-state index contributed by atoms with van der Waals surface area (Å²) in [4.78, 5) is 9.22. The fourth-order valence-corrected chi connectivity index (χ4v) is 1.66. The number of nitrogens with zero attached hydrogens (tertiary/aromatic N) is 2. The van der Waals surface area contributed by atoms with Crippen molar-refractivity contribution in [3.05, 3.63) is 42.7 Å². The van der Waals surface area contributed by atoms with E-state index in [4.69, 9.17) is 0 Å². The van der Waals surface area contributed by atoms with Crippen molar-refractivity contribution in [1.82, 2.24) is 9.97 Å². The molecule has 2 nitrogen and oxygen atoms in total. The van der Waals surface area contributed by atoms with E-state index in [1.165, 1.54) is 0 Å². The number of pyridine rings is 1. The van der Waals surface area contributed by atoms with Gasteiger partial charge in [-0.15, -0.1) is 0 Å². The van der Waals surface area contributed by atoms with Gasteiger partial charge in [0.2, 0.25) is 0 Å². The van der Waals surface area contributed by atoms with Crippen molar-refractivity contribution in [2.75, 3.05) is 0 Å². The van der Waals surface area contributed by atoms with Gasteiger partial charge in [-0.2, -0.15) is 11.3 Å². The van der Waals surface area contributed by atoms with Gasteiger partial charge in [0, 0.05) is 56.9 Å². The van der Waals surface area contributed by atoms with Gasteiger partial charge < -0.3 is 6.92 Å². The van der Waals surface area contributed by atoms with Crippen LogP contribution in [0.1, 0.15) is 5.01 Å². The predicted octanol–water partition coefficient (Wildman–Crippen LogP) is 2.38. The molecule has 0 amide bonds. The molecular weight excluding hydrogens is 257 g/mol. The van der Waals surface area contributed by atoms with Crippen LogP contribution in [0, 0.1) is 6.92 Å². The standard InChI is InChI=1S/C9H7N2S.Y/c1-7-11-6-9(12-7)8-3-2-4-10-5-8;/h2-6H,1H2;/q-1;. The first kappa shape index (κ1) is 10.8. The van der Waals surface area contributed by atoms with E-state index in [0.717, 1.165) is 15.4 Å². The quantitative estimate of drug-likeness (QED) is 0.739. The second-order valence-corrected chi connectivity index (χ2v) is 3.48. The minimum Gasteiger partial charge on any atom is -0.346 e. The molecule has 0 N–H and O–H groups in total. The molecule has 63 valence electrons. The largest absolute Gasteiger partial charge is 0.346 e. The van der Waals surface area contributed by atoms with Crippen molar-refractivity contribution in [3.63, 3.8) is 0 Å². The number of hydrogen-bond acceptors (Lipinski definition) is 3. The summed E-state index contributed by atoms with van der Waals surface area (Å²) in [5.74, 6) is 0. The van der Waals surface area contributed by atoms with Gasteiger partial charge in [0.1, 0.15) is 0 Å². The average Bonchev–Trinajstić information content (AvgIpc) is 2.54. The molecule has 0 aromatic carbocycles. The summed E-state index contributed by atoms with van der Waals surface area (Å²) in [5.41, 5.74) is 1.10. The van der Waals surface area contributed by atoms with Crippen LogP contribution in [0.25, 0.3) is 10.4 Å². The second-order valence-electron chi connectivity index (χ2n) is 2.36. The van der Waals surface area contributed by atoms with Gasteiger partial charge in [-0.05, 0) is 11.1 Å². The van der Waals surface area contributed by atoms with E-state index < -0.39 is 0 Å². The summed E-state index contributed by atoms with van der Waals surface area (Å²) in [6.07, 6.45) is 5.41. The van der Waals surface area contributed by atoms with Gasteiger partial charge in [0.15, 0.2) is 0 Å². The molecule has 0 fully saturated rings. The van der Waals surface area contributed by atoms with Gasteiger partial charge in [-0.1, -0.05) is 6.07 Å². The van der Waals surface area contributed by atoms with Crippen molar-refractivity contribution in [1.29, 1.82) is 0 Å². The molecule has 0 aliphatic heterocycles. The van der Waals surface area contributed by atoms with E-state index in [0.29, 0.717) is 0 Å². The molecule has 1 radical (unpaired) electrons. The number of thiazole rings is 1. The van der Waals surface area contributed by atoms with Gasteiger partial charge in [-0.25, -0.2) is 0 Å². The number of rotatable bonds is 1. The van der Waals surface area contributed by atoms with Crippen LogP contribution in [0.5, 0.6) is 0 Å². The Hall–Kier alpha value is -0.246. The molecule has 0 atom stereocenters. The molecule has 0 saturated heterocycles. The summed E-state index contributed by atoms with van der Waals surface area (Å²) in [6, 6.07) is 3.93. The van der Waals surface area contributed by atoms with Crippen LogP contribution in [0.3, 0.4) is 0 Å². The second kappa shape index (κ2) is 4.84. The maximum Gasteiger partial charge on any atom is 0.0532 e. The monoisotopic (exact) mass is 264 g/mol. The molecule has 4 heteroatoms. The number of hydrogen-bond donors (Lipinski definition) is 0. The first-order valence-electron chi connectivity index (χ1n) is 3.54. The topological polar surface area (TPSA) is 25.8 Å². The smallest absolute Gasteiger partial charge is 0.0532 e. The van der Waals surface area contributed by atoms with E-state index >= 15 is 0 Å². The van der Waals surface area contributed by atoms with Gasteiger partial charge in [-0.3, -0.25) is 9.97 Å². The zero-order valence-corrected chi connectivity index (χ0v) is 10.6. The van der Waals surface area contributed by atoms with Gasteiger partial charge >= 0.3 is 0 Å². The maximum atomic E-state index is 4.07. The Morgan fingerprint density at radius 3 is 2.69 bits per heavy atom. The molecule has 0 aliphatic rings. The third-order valence-electron chi connectivity index (χ3n) is 1.50. The number of aromatic nitrogens is 2. The van der Waals surface area contributed by atoms with Gasteiger partial charge in [0.25, 0.3) is 0 Å². The summed E-state index contributed by atoms with van der Waals surface area (Å²) < 4.78 is 0. The van der Waals surface area contributed by atoms with Crippen LogP contribution >= 0.6 is 11.3 Å². The molecule has 0 bridgehead atoms. The SMILES string of the molecule is [CH2-]c1ncc(-c2cccnc2)s1.[Y]. The minimum atomic E-state index is 0. The van der Waals surface area contributed by atoms with E-state index in [9.17, 15) is 0 Å². The normalized spacial score (nSPS) is 9.23. The molecule has 2 rings (SSSR count). The van der Waals surface area contributed by atoms with Crippen LogP contribution in [0.15, 0.2) is 30.7 Å². The first-order chi connectivity index (χ1) is 5.86. The Morgan fingerprint density at radius 1 is 1.31 bits per heavy atom. The molecule has 2 aromatic rings. The Labute approximate surface area is 106 Å². The van der Waals surface area contributed by atoms with Crippen LogP contribution in [0.2, 0.25) is 0 Å². The first-order valence-corrected chi connectivity index (χ1v) is 4.36. The Morgan fingerprint density at radius 2 is 2.15 bits per heavy atom. The Bertz CT molecular complexity index is 372. The molecule has 0 unspecified atom stereocenters. The molecule has 0 aliphatic carbocycles. The van der Waals surface area contributed by atoms with Crippen LogP contribution in [-0.2, 0) is 32.7 Å². The van der Waals surface area contributed by atoms with Crippen molar-refractivity contribution in [2.45, 2.75) is 0 Å². The fourth-order valence-electron chi connectivity index (χ4n) is 0.952. The molecule has 2 heterocycles. The fraction of sp³-hybridized carbons (Fsp3) is 0. The Kier molecular flexibility index (Phi) is 4.04. The average molecular weight is 264 g/mol. The Balaban J connectivity index is 0.000000845. The zero-order chi connectivity index (χ0) is 8.39. The van der Waals surface area contributed by atoms with Crippen molar-refractivity contribution in [2.24, 2.45) is 0 Å². The maximum absolute atomic E-state index is 4.07. The van der Waals surface area contributed by atoms with Crippen LogP contribution in [0.4, 0.5) is 0 Å². The molecule has 0 saturated carbocycles. The van der Waals surface area contributed by atoms with E-state index in [2.05, 4.69) is 16.9 Å². The van der Waals surface area contributed by atoms with Crippen molar-refractivity contribution in [3.8, 4) is 10.4 Å². The molecule has 0 spiro atoms. The van der Waals surface area contributed by atoms with Crippen LogP contribution in [-0.4, -0.2) is 9.97 Å². The third kappa shape index (κ3) is 2.60. The van der Waals surface area contributed by atoms with E-state index in [1.54, 1.807) is 17.5 Å².